The molecule has 0 radical (unpaired) electrons. The number of rotatable bonds is 4. The van der Waals surface area contributed by atoms with E-state index in [1.165, 1.54) is 12.1 Å². The van der Waals surface area contributed by atoms with Gasteiger partial charge in [0.15, 0.2) is 0 Å². The largest absolute Gasteiger partial charge is 0.369 e. The zero-order valence-electron chi connectivity index (χ0n) is 14.0. The molecule has 2 saturated heterocycles. The van der Waals surface area contributed by atoms with Gasteiger partial charge in [-0.2, -0.15) is 0 Å². The zero-order valence-corrected chi connectivity index (χ0v) is 14.0. The molecule has 0 amide bonds. The minimum absolute atomic E-state index is 0.171. The van der Waals surface area contributed by atoms with Crippen molar-refractivity contribution < 1.29 is 4.39 Å². The number of aryl methyl sites for hydroxylation is 1. The first kappa shape index (κ1) is 15.5. The molecule has 0 atom stereocenters. The fourth-order valence-corrected chi connectivity index (χ4v) is 3.55. The predicted octanol–water partition coefficient (Wildman–Crippen LogP) is 0.961. The summed E-state index contributed by atoms with van der Waals surface area (Å²) in [6, 6.07) is 7.47. The summed E-state index contributed by atoms with van der Waals surface area (Å²) in [4.78, 5) is 7.33. The summed E-state index contributed by atoms with van der Waals surface area (Å²) in [5, 5.41) is 8.08. The normalized spacial score (nSPS) is 20.3. The fraction of sp³-hybridized carbons (Fsp3) is 0.529. The highest BCUT2D eigenvalue weighted by Gasteiger charge is 2.33. The Morgan fingerprint density at radius 3 is 2.42 bits per heavy atom. The number of piperazine rings is 1. The molecule has 128 valence electrons. The first-order valence-electron chi connectivity index (χ1n) is 8.49. The number of anilines is 1. The summed E-state index contributed by atoms with van der Waals surface area (Å²) in [6.45, 7) is 7.23. The van der Waals surface area contributed by atoms with Crippen LogP contribution >= 0.6 is 0 Å². The highest BCUT2D eigenvalue weighted by Crippen LogP contribution is 2.21. The van der Waals surface area contributed by atoms with E-state index in [2.05, 4.69) is 24.9 Å². The lowest BCUT2D eigenvalue weighted by molar-refractivity contribution is 0.0235. The Morgan fingerprint density at radius 2 is 1.79 bits per heavy atom. The number of aromatic nitrogens is 3. The van der Waals surface area contributed by atoms with Gasteiger partial charge >= 0.3 is 0 Å². The van der Waals surface area contributed by atoms with Gasteiger partial charge in [-0.1, -0.05) is 0 Å². The van der Waals surface area contributed by atoms with Crippen LogP contribution in [0.2, 0.25) is 0 Å². The molecule has 1 aromatic carbocycles. The number of hydrogen-bond donors (Lipinski definition) is 0. The Morgan fingerprint density at radius 1 is 1.08 bits per heavy atom. The molecule has 4 rings (SSSR count). The van der Waals surface area contributed by atoms with Crippen molar-refractivity contribution in [3.63, 3.8) is 0 Å². The van der Waals surface area contributed by atoms with E-state index in [1.54, 1.807) is 6.33 Å². The average Bonchev–Trinajstić information content (AvgIpc) is 2.97. The number of halogens is 1. The third-order valence-corrected chi connectivity index (χ3v) is 5.13. The smallest absolute Gasteiger partial charge is 0.146 e. The van der Waals surface area contributed by atoms with Crippen LogP contribution in [0.15, 0.2) is 30.6 Å². The van der Waals surface area contributed by atoms with E-state index in [0.29, 0.717) is 6.04 Å². The van der Waals surface area contributed by atoms with Crippen LogP contribution in [-0.4, -0.2) is 69.9 Å². The summed E-state index contributed by atoms with van der Waals surface area (Å²) in [5.41, 5.74) is 1.12. The molecule has 0 saturated carbocycles. The molecule has 2 aliphatic rings. The van der Waals surface area contributed by atoms with E-state index in [-0.39, 0.29) is 5.82 Å². The van der Waals surface area contributed by atoms with Crippen molar-refractivity contribution in [2.24, 2.45) is 7.05 Å². The maximum absolute atomic E-state index is 13.0. The average molecular weight is 330 g/mol. The lowest BCUT2D eigenvalue weighted by Gasteiger charge is -2.48. The van der Waals surface area contributed by atoms with E-state index in [9.17, 15) is 4.39 Å². The van der Waals surface area contributed by atoms with Crippen molar-refractivity contribution in [2.45, 2.75) is 12.6 Å². The number of likely N-dealkylation sites (tertiary alicyclic amines) is 1. The second-order valence-corrected chi connectivity index (χ2v) is 6.71. The summed E-state index contributed by atoms with van der Waals surface area (Å²) in [5.74, 6) is 0.851. The Balaban J connectivity index is 1.24. The van der Waals surface area contributed by atoms with Crippen LogP contribution in [-0.2, 0) is 13.6 Å². The maximum Gasteiger partial charge on any atom is 0.146 e. The Bertz CT molecular complexity index is 671. The molecule has 24 heavy (non-hydrogen) atoms. The van der Waals surface area contributed by atoms with Crippen LogP contribution in [0.3, 0.4) is 0 Å². The molecular formula is C17H23FN6. The standard InChI is InChI=1S/C17H23FN6/c1-21-13-19-20-17(21)12-22-10-16(11-22)24-8-6-23(7-9-24)15-4-2-14(18)3-5-15/h2-5,13,16H,6-12H2,1H3. The number of hydrogen-bond acceptors (Lipinski definition) is 5. The van der Waals surface area contributed by atoms with Crippen LogP contribution < -0.4 is 4.90 Å². The van der Waals surface area contributed by atoms with Crippen LogP contribution in [0.25, 0.3) is 0 Å². The minimum Gasteiger partial charge on any atom is -0.369 e. The molecule has 3 heterocycles. The molecule has 0 N–H and O–H groups in total. The third-order valence-electron chi connectivity index (χ3n) is 5.13. The monoisotopic (exact) mass is 330 g/mol. The molecule has 0 unspecified atom stereocenters. The molecule has 0 spiro atoms. The number of nitrogens with zero attached hydrogens (tertiary/aromatic N) is 6. The first-order chi connectivity index (χ1) is 11.7. The van der Waals surface area contributed by atoms with Gasteiger partial charge in [-0.3, -0.25) is 9.80 Å². The second kappa shape index (κ2) is 6.49. The molecule has 2 fully saturated rings. The van der Waals surface area contributed by atoms with Crippen molar-refractivity contribution in [1.29, 1.82) is 0 Å². The Kier molecular flexibility index (Phi) is 4.20. The highest BCUT2D eigenvalue weighted by atomic mass is 19.1. The molecule has 1 aromatic heterocycles. The number of benzene rings is 1. The van der Waals surface area contributed by atoms with Gasteiger partial charge in [0, 0.05) is 58.0 Å². The van der Waals surface area contributed by atoms with E-state index >= 15 is 0 Å². The lowest BCUT2D eigenvalue weighted by atomic mass is 10.1. The Labute approximate surface area is 141 Å². The third kappa shape index (κ3) is 3.14. The van der Waals surface area contributed by atoms with Crippen molar-refractivity contribution in [3.05, 3.63) is 42.2 Å². The molecule has 2 aromatic rings. The molecule has 0 aliphatic carbocycles. The molecule has 0 bridgehead atoms. The van der Waals surface area contributed by atoms with Gasteiger partial charge < -0.3 is 9.47 Å². The quantitative estimate of drug-likeness (QED) is 0.835. The first-order valence-corrected chi connectivity index (χ1v) is 8.49. The SMILES string of the molecule is Cn1cnnc1CN1CC(N2CCN(c3ccc(F)cc3)CC2)C1. The zero-order chi connectivity index (χ0) is 16.5. The van der Waals surface area contributed by atoms with Gasteiger partial charge in [-0.15, -0.1) is 10.2 Å². The summed E-state index contributed by atoms with van der Waals surface area (Å²) in [7, 11) is 1.99. The molecule has 2 aliphatic heterocycles. The minimum atomic E-state index is -0.171. The van der Waals surface area contributed by atoms with Gasteiger partial charge in [0.1, 0.15) is 18.0 Å². The fourth-order valence-electron chi connectivity index (χ4n) is 3.55. The van der Waals surface area contributed by atoms with E-state index < -0.39 is 0 Å². The molecular weight excluding hydrogens is 307 g/mol. The van der Waals surface area contributed by atoms with Gasteiger partial charge in [0.25, 0.3) is 0 Å². The lowest BCUT2D eigenvalue weighted by Crippen LogP contribution is -2.62. The second-order valence-electron chi connectivity index (χ2n) is 6.71. The van der Waals surface area contributed by atoms with Crippen LogP contribution in [0.1, 0.15) is 5.82 Å². The summed E-state index contributed by atoms with van der Waals surface area (Å²) in [6.07, 6.45) is 1.75. The molecule has 7 heteroatoms. The van der Waals surface area contributed by atoms with E-state index in [1.807, 2.05) is 23.7 Å². The van der Waals surface area contributed by atoms with Crippen molar-refractivity contribution >= 4 is 5.69 Å². The van der Waals surface area contributed by atoms with Crippen molar-refractivity contribution in [2.75, 3.05) is 44.2 Å². The Hall–Kier alpha value is -1.99. The van der Waals surface area contributed by atoms with E-state index in [4.69, 9.17) is 0 Å². The highest BCUT2D eigenvalue weighted by molar-refractivity contribution is 5.46. The maximum atomic E-state index is 13.0. The topological polar surface area (TPSA) is 40.4 Å². The van der Waals surface area contributed by atoms with Crippen LogP contribution in [0.4, 0.5) is 10.1 Å². The van der Waals surface area contributed by atoms with Crippen LogP contribution in [0.5, 0.6) is 0 Å². The van der Waals surface area contributed by atoms with Crippen LogP contribution in [0, 0.1) is 5.82 Å². The van der Waals surface area contributed by atoms with Crippen molar-refractivity contribution in [3.8, 4) is 0 Å². The summed E-state index contributed by atoms with van der Waals surface area (Å²) < 4.78 is 15.0. The van der Waals surface area contributed by atoms with Crippen molar-refractivity contribution in [1.82, 2.24) is 24.6 Å². The van der Waals surface area contributed by atoms with Gasteiger partial charge in [-0.05, 0) is 24.3 Å². The van der Waals surface area contributed by atoms with E-state index in [0.717, 1.165) is 57.3 Å². The van der Waals surface area contributed by atoms with Gasteiger partial charge in [0.05, 0.1) is 6.54 Å². The molecule has 6 nitrogen and oxygen atoms in total. The summed E-state index contributed by atoms with van der Waals surface area (Å²) >= 11 is 0. The predicted molar refractivity (Wildman–Crippen MR) is 90.3 cm³/mol. The van der Waals surface area contributed by atoms with Gasteiger partial charge in [-0.25, -0.2) is 4.39 Å². The van der Waals surface area contributed by atoms with Gasteiger partial charge in [0.2, 0.25) is 0 Å².